The molecular weight excluding hydrogens is 365 g/mol. The van der Waals surface area contributed by atoms with E-state index in [1.165, 1.54) is 16.4 Å². The number of hydrogen-bond donors (Lipinski definition) is 0. The van der Waals surface area contributed by atoms with Gasteiger partial charge in [-0.15, -0.1) is 0 Å². The van der Waals surface area contributed by atoms with E-state index in [1.807, 2.05) is 6.92 Å². The van der Waals surface area contributed by atoms with Gasteiger partial charge in [0.15, 0.2) is 0 Å². The molecule has 25 heavy (non-hydrogen) atoms. The van der Waals surface area contributed by atoms with Gasteiger partial charge in [0.2, 0.25) is 10.0 Å². The van der Waals surface area contributed by atoms with Crippen LogP contribution in [-0.2, 0) is 16.6 Å². The molecule has 0 aliphatic carbocycles. The van der Waals surface area contributed by atoms with Crippen LogP contribution in [0.25, 0.3) is 5.65 Å². The van der Waals surface area contributed by atoms with E-state index in [0.717, 1.165) is 12.1 Å². The molecule has 0 aliphatic rings. The Morgan fingerprint density at radius 1 is 1.16 bits per heavy atom. The van der Waals surface area contributed by atoms with Crippen LogP contribution in [-0.4, -0.2) is 28.7 Å². The molecule has 0 N–H and O–H groups in total. The first-order valence-electron chi connectivity index (χ1n) is 7.79. The largest absolute Gasteiger partial charge is 0.305 e. The second-order valence-corrected chi connectivity index (χ2v) is 8.01. The second kappa shape index (κ2) is 7.11. The maximum atomic E-state index is 13.1. The summed E-state index contributed by atoms with van der Waals surface area (Å²) >= 11 is 5.96. The topological polar surface area (TPSA) is 54.7 Å². The molecule has 2 heterocycles. The second-order valence-electron chi connectivity index (χ2n) is 5.64. The van der Waals surface area contributed by atoms with Gasteiger partial charge in [-0.2, -0.15) is 4.31 Å². The molecule has 0 radical (unpaired) electrons. The number of sulfonamides is 1. The third-order valence-electron chi connectivity index (χ3n) is 3.73. The molecule has 0 saturated carbocycles. The Morgan fingerprint density at radius 2 is 1.88 bits per heavy atom. The molecule has 0 unspecified atom stereocenters. The predicted molar refractivity (Wildman–Crippen MR) is 94.5 cm³/mol. The van der Waals surface area contributed by atoms with Crippen molar-refractivity contribution < 1.29 is 12.8 Å². The Morgan fingerprint density at radius 3 is 2.56 bits per heavy atom. The van der Waals surface area contributed by atoms with Crippen molar-refractivity contribution in [2.45, 2.75) is 24.8 Å². The standard InChI is InChI=1S/C17H17ClFN3O2S/c1-2-9-22(25(23,24)16-6-4-14(19)5-7-16)12-15-11-21-10-13(18)3-8-17(21)20-15/h3-8,10-11H,2,9,12H2,1H3. The van der Waals surface area contributed by atoms with Crippen LogP contribution in [0.4, 0.5) is 4.39 Å². The van der Waals surface area contributed by atoms with Crippen molar-refractivity contribution in [2.75, 3.05) is 6.54 Å². The molecular formula is C17H17ClFN3O2S. The number of hydrogen-bond acceptors (Lipinski definition) is 3. The van der Waals surface area contributed by atoms with Crippen LogP contribution < -0.4 is 0 Å². The van der Waals surface area contributed by atoms with Crippen molar-refractivity contribution in [3.8, 4) is 0 Å². The average Bonchev–Trinajstić information content (AvgIpc) is 2.96. The molecule has 0 spiro atoms. The van der Waals surface area contributed by atoms with E-state index in [-0.39, 0.29) is 11.4 Å². The summed E-state index contributed by atoms with van der Waals surface area (Å²) in [5.74, 6) is -0.474. The van der Waals surface area contributed by atoms with Gasteiger partial charge in [0.05, 0.1) is 22.2 Å². The summed E-state index contributed by atoms with van der Waals surface area (Å²) in [5.41, 5.74) is 1.30. The molecule has 1 aromatic carbocycles. The van der Waals surface area contributed by atoms with Gasteiger partial charge in [-0.25, -0.2) is 17.8 Å². The average molecular weight is 382 g/mol. The summed E-state index contributed by atoms with van der Waals surface area (Å²) in [6.07, 6.45) is 4.12. The minimum absolute atomic E-state index is 0.0640. The Balaban J connectivity index is 1.93. The van der Waals surface area contributed by atoms with E-state index in [0.29, 0.717) is 29.3 Å². The highest BCUT2D eigenvalue weighted by molar-refractivity contribution is 7.89. The van der Waals surface area contributed by atoms with Crippen molar-refractivity contribution in [2.24, 2.45) is 0 Å². The van der Waals surface area contributed by atoms with E-state index in [4.69, 9.17) is 11.6 Å². The molecule has 2 aromatic heterocycles. The van der Waals surface area contributed by atoms with Crippen LogP contribution >= 0.6 is 11.6 Å². The highest BCUT2D eigenvalue weighted by Gasteiger charge is 2.25. The van der Waals surface area contributed by atoms with Crippen LogP contribution in [0, 0.1) is 5.82 Å². The number of nitrogens with zero attached hydrogens (tertiary/aromatic N) is 3. The third-order valence-corrected chi connectivity index (χ3v) is 5.81. The maximum Gasteiger partial charge on any atom is 0.243 e. The zero-order chi connectivity index (χ0) is 18.0. The Bertz CT molecular complexity index is 987. The van der Waals surface area contributed by atoms with Gasteiger partial charge >= 0.3 is 0 Å². The Labute approximate surface area is 150 Å². The maximum absolute atomic E-state index is 13.1. The summed E-state index contributed by atoms with van der Waals surface area (Å²) < 4.78 is 41.9. The number of pyridine rings is 1. The highest BCUT2D eigenvalue weighted by atomic mass is 35.5. The van der Waals surface area contributed by atoms with E-state index >= 15 is 0 Å². The molecule has 0 aliphatic heterocycles. The number of fused-ring (bicyclic) bond motifs is 1. The Kier molecular flexibility index (Phi) is 5.08. The SMILES string of the molecule is CCCN(Cc1cn2cc(Cl)ccc2n1)S(=O)(=O)c1ccc(F)cc1. The normalized spacial score (nSPS) is 12.2. The molecule has 0 saturated heterocycles. The van der Waals surface area contributed by atoms with E-state index in [1.54, 1.807) is 28.9 Å². The summed E-state index contributed by atoms with van der Waals surface area (Å²) in [6.45, 7) is 2.37. The fourth-order valence-electron chi connectivity index (χ4n) is 2.56. The molecule has 5 nitrogen and oxygen atoms in total. The van der Waals surface area contributed by atoms with Gasteiger partial charge in [0, 0.05) is 18.9 Å². The number of benzene rings is 1. The van der Waals surface area contributed by atoms with E-state index in [9.17, 15) is 12.8 Å². The molecule has 0 bridgehead atoms. The lowest BCUT2D eigenvalue weighted by Crippen LogP contribution is -2.31. The first kappa shape index (κ1) is 17.8. The molecule has 3 aromatic rings. The smallest absolute Gasteiger partial charge is 0.243 e. The zero-order valence-corrected chi connectivity index (χ0v) is 15.1. The first-order valence-corrected chi connectivity index (χ1v) is 9.61. The minimum atomic E-state index is -3.73. The fourth-order valence-corrected chi connectivity index (χ4v) is 4.23. The van der Waals surface area contributed by atoms with Crippen LogP contribution in [0.5, 0.6) is 0 Å². The number of halogens is 2. The minimum Gasteiger partial charge on any atom is -0.305 e. The van der Waals surface area contributed by atoms with E-state index in [2.05, 4.69) is 4.98 Å². The number of rotatable bonds is 6. The van der Waals surface area contributed by atoms with Crippen molar-refractivity contribution >= 4 is 27.3 Å². The zero-order valence-electron chi connectivity index (χ0n) is 13.6. The van der Waals surface area contributed by atoms with Crippen LogP contribution in [0.2, 0.25) is 5.02 Å². The van der Waals surface area contributed by atoms with Crippen molar-refractivity contribution in [1.82, 2.24) is 13.7 Å². The number of imidazole rings is 1. The molecule has 132 valence electrons. The summed E-state index contributed by atoms with van der Waals surface area (Å²) in [6, 6.07) is 8.33. The molecule has 0 fully saturated rings. The monoisotopic (exact) mass is 381 g/mol. The lowest BCUT2D eigenvalue weighted by molar-refractivity contribution is 0.402. The van der Waals surface area contributed by atoms with Gasteiger partial charge in [-0.1, -0.05) is 18.5 Å². The van der Waals surface area contributed by atoms with Crippen LogP contribution in [0.3, 0.4) is 0 Å². The number of aromatic nitrogens is 2. The molecule has 3 rings (SSSR count). The van der Waals surface area contributed by atoms with Gasteiger partial charge in [-0.3, -0.25) is 0 Å². The molecule has 0 amide bonds. The van der Waals surface area contributed by atoms with Crippen LogP contribution in [0.1, 0.15) is 19.0 Å². The van der Waals surface area contributed by atoms with Crippen molar-refractivity contribution in [1.29, 1.82) is 0 Å². The quantitative estimate of drug-likeness (QED) is 0.653. The van der Waals surface area contributed by atoms with Crippen molar-refractivity contribution in [3.05, 3.63) is 65.3 Å². The lowest BCUT2D eigenvalue weighted by atomic mass is 10.4. The van der Waals surface area contributed by atoms with E-state index < -0.39 is 15.8 Å². The van der Waals surface area contributed by atoms with Crippen molar-refractivity contribution in [3.63, 3.8) is 0 Å². The third kappa shape index (κ3) is 3.84. The Hall–Kier alpha value is -1.96. The summed E-state index contributed by atoms with van der Waals surface area (Å²) in [5, 5.41) is 0.570. The molecule has 8 heteroatoms. The molecule has 0 atom stereocenters. The fraction of sp³-hybridized carbons (Fsp3) is 0.235. The van der Waals surface area contributed by atoms with Crippen LogP contribution in [0.15, 0.2) is 53.7 Å². The highest BCUT2D eigenvalue weighted by Crippen LogP contribution is 2.20. The first-order chi connectivity index (χ1) is 11.9. The lowest BCUT2D eigenvalue weighted by Gasteiger charge is -2.20. The predicted octanol–water partition coefficient (Wildman–Crippen LogP) is 3.73. The van der Waals surface area contributed by atoms with Gasteiger partial charge in [0.25, 0.3) is 0 Å². The van der Waals surface area contributed by atoms with Gasteiger partial charge in [0.1, 0.15) is 11.5 Å². The van der Waals surface area contributed by atoms with Gasteiger partial charge in [-0.05, 0) is 42.8 Å². The summed E-state index contributed by atoms with van der Waals surface area (Å²) in [7, 11) is -3.73. The summed E-state index contributed by atoms with van der Waals surface area (Å²) in [4.78, 5) is 4.50. The van der Waals surface area contributed by atoms with Gasteiger partial charge < -0.3 is 4.40 Å².